The number of urea groups is 1. The SMILES string of the molecule is CCOc1cc2c(cc1OCC)C(CC(=O)O)N(C(=O)Nc1ccc(F)cc1)CC2. The van der Waals surface area contributed by atoms with Gasteiger partial charge in [-0.3, -0.25) is 4.79 Å². The lowest BCUT2D eigenvalue weighted by atomic mass is 9.90. The summed E-state index contributed by atoms with van der Waals surface area (Å²) in [5.41, 5.74) is 2.09. The third kappa shape index (κ3) is 4.82. The number of carbonyl (C=O) groups is 2. The van der Waals surface area contributed by atoms with Crippen molar-refractivity contribution in [2.75, 3.05) is 25.1 Å². The zero-order valence-corrected chi connectivity index (χ0v) is 17.0. The van der Waals surface area contributed by atoms with Crippen molar-refractivity contribution in [1.82, 2.24) is 4.90 Å². The summed E-state index contributed by atoms with van der Waals surface area (Å²) in [6.45, 7) is 4.98. The number of ether oxygens (including phenoxy) is 2. The van der Waals surface area contributed by atoms with Crippen LogP contribution < -0.4 is 14.8 Å². The number of carbonyl (C=O) groups excluding carboxylic acids is 1. The van der Waals surface area contributed by atoms with Crippen LogP contribution in [0.2, 0.25) is 0 Å². The van der Waals surface area contributed by atoms with Gasteiger partial charge in [-0.15, -0.1) is 0 Å². The van der Waals surface area contributed by atoms with Crippen LogP contribution in [-0.2, 0) is 11.2 Å². The molecular formula is C22H25FN2O5. The summed E-state index contributed by atoms with van der Waals surface area (Å²) in [6, 6.07) is 7.95. The average molecular weight is 416 g/mol. The number of hydrogen-bond acceptors (Lipinski definition) is 4. The van der Waals surface area contributed by atoms with E-state index in [1.165, 1.54) is 29.2 Å². The highest BCUT2D eigenvalue weighted by Gasteiger charge is 2.34. The molecule has 0 spiro atoms. The number of nitrogens with one attached hydrogen (secondary N) is 1. The molecule has 7 nitrogen and oxygen atoms in total. The van der Waals surface area contributed by atoms with Crippen molar-refractivity contribution in [2.24, 2.45) is 0 Å². The maximum Gasteiger partial charge on any atom is 0.322 e. The van der Waals surface area contributed by atoms with Gasteiger partial charge in [-0.05, 0) is 67.8 Å². The molecule has 1 heterocycles. The third-order valence-corrected chi connectivity index (χ3v) is 4.89. The molecule has 1 aliphatic rings. The van der Waals surface area contributed by atoms with Crippen molar-refractivity contribution in [1.29, 1.82) is 0 Å². The first-order valence-corrected chi connectivity index (χ1v) is 9.90. The summed E-state index contributed by atoms with van der Waals surface area (Å²) in [6.07, 6.45) is 0.304. The Morgan fingerprint density at radius 1 is 1.13 bits per heavy atom. The van der Waals surface area contributed by atoms with E-state index in [4.69, 9.17) is 9.47 Å². The smallest absolute Gasteiger partial charge is 0.322 e. The molecule has 0 radical (unpaired) electrons. The predicted molar refractivity (Wildman–Crippen MR) is 110 cm³/mol. The number of nitrogens with zero attached hydrogens (tertiary/aromatic N) is 1. The highest BCUT2D eigenvalue weighted by Crippen LogP contribution is 2.40. The number of fused-ring (bicyclic) bond motifs is 1. The van der Waals surface area contributed by atoms with Gasteiger partial charge < -0.3 is 24.8 Å². The predicted octanol–water partition coefficient (Wildman–Crippen LogP) is 4.23. The van der Waals surface area contributed by atoms with Crippen LogP contribution >= 0.6 is 0 Å². The molecule has 2 aromatic rings. The molecule has 1 unspecified atom stereocenters. The van der Waals surface area contributed by atoms with Crippen molar-refractivity contribution in [2.45, 2.75) is 32.7 Å². The lowest BCUT2D eigenvalue weighted by Gasteiger charge is -2.37. The van der Waals surface area contributed by atoms with E-state index in [1.807, 2.05) is 19.9 Å². The van der Waals surface area contributed by atoms with Gasteiger partial charge in [-0.1, -0.05) is 0 Å². The van der Waals surface area contributed by atoms with E-state index in [0.717, 1.165) is 11.1 Å². The Balaban J connectivity index is 1.93. The summed E-state index contributed by atoms with van der Waals surface area (Å²) in [4.78, 5) is 26.0. The molecule has 2 N–H and O–H groups in total. The number of hydrogen-bond donors (Lipinski definition) is 2. The largest absolute Gasteiger partial charge is 0.490 e. The zero-order valence-electron chi connectivity index (χ0n) is 17.0. The standard InChI is InChI=1S/C22H25FN2O5/c1-3-29-19-11-14-9-10-25(22(28)24-16-7-5-15(23)6-8-16)18(13-21(26)27)17(14)12-20(19)30-4-2/h5-8,11-12,18H,3-4,9-10,13H2,1-2H3,(H,24,28)(H,26,27). The minimum atomic E-state index is -1.01. The van der Waals surface area contributed by atoms with Gasteiger partial charge in [-0.25, -0.2) is 9.18 Å². The fourth-order valence-corrected chi connectivity index (χ4v) is 3.60. The maximum absolute atomic E-state index is 13.1. The first-order valence-electron chi connectivity index (χ1n) is 9.90. The number of amides is 2. The lowest BCUT2D eigenvalue weighted by Crippen LogP contribution is -2.43. The van der Waals surface area contributed by atoms with Crippen molar-refractivity contribution >= 4 is 17.7 Å². The summed E-state index contributed by atoms with van der Waals surface area (Å²) < 4.78 is 24.5. The lowest BCUT2D eigenvalue weighted by molar-refractivity contribution is -0.138. The van der Waals surface area contributed by atoms with Gasteiger partial charge >= 0.3 is 12.0 Å². The molecule has 30 heavy (non-hydrogen) atoms. The molecule has 3 rings (SSSR count). The topological polar surface area (TPSA) is 88.1 Å². The Kier molecular flexibility index (Phi) is 6.76. The van der Waals surface area contributed by atoms with Crippen LogP contribution in [0.4, 0.5) is 14.9 Å². The molecule has 2 amide bonds. The minimum absolute atomic E-state index is 0.247. The van der Waals surface area contributed by atoms with Gasteiger partial charge in [0.25, 0.3) is 0 Å². The third-order valence-electron chi connectivity index (χ3n) is 4.89. The van der Waals surface area contributed by atoms with Gasteiger partial charge in [0, 0.05) is 12.2 Å². The highest BCUT2D eigenvalue weighted by atomic mass is 19.1. The minimum Gasteiger partial charge on any atom is -0.490 e. The number of halogens is 1. The van der Waals surface area contributed by atoms with Crippen molar-refractivity contribution in [3.05, 3.63) is 53.3 Å². The van der Waals surface area contributed by atoms with Crippen molar-refractivity contribution in [3.63, 3.8) is 0 Å². The second kappa shape index (κ2) is 9.47. The normalized spacial score (nSPS) is 15.3. The number of benzene rings is 2. The zero-order chi connectivity index (χ0) is 21.7. The monoisotopic (exact) mass is 416 g/mol. The van der Waals surface area contributed by atoms with Crippen LogP contribution in [0.5, 0.6) is 11.5 Å². The molecule has 1 atom stereocenters. The maximum atomic E-state index is 13.1. The summed E-state index contributed by atoms with van der Waals surface area (Å²) in [7, 11) is 0. The molecule has 2 aromatic carbocycles. The molecule has 8 heteroatoms. The molecule has 0 aromatic heterocycles. The molecule has 0 fully saturated rings. The second-order valence-electron chi connectivity index (χ2n) is 6.86. The molecule has 1 aliphatic heterocycles. The van der Waals surface area contributed by atoms with E-state index in [0.29, 0.717) is 43.4 Å². The Bertz CT molecular complexity index is 916. The first-order chi connectivity index (χ1) is 14.4. The average Bonchev–Trinajstić information content (AvgIpc) is 2.70. The highest BCUT2D eigenvalue weighted by molar-refractivity contribution is 5.90. The molecule has 0 saturated heterocycles. The fraction of sp³-hybridized carbons (Fsp3) is 0.364. The van der Waals surface area contributed by atoms with Crippen LogP contribution in [0.1, 0.15) is 37.4 Å². The number of aliphatic carboxylic acids is 1. The van der Waals surface area contributed by atoms with Crippen LogP contribution in [0, 0.1) is 5.82 Å². The quantitative estimate of drug-likeness (QED) is 0.705. The van der Waals surface area contributed by atoms with Crippen LogP contribution in [-0.4, -0.2) is 41.8 Å². The molecule has 0 bridgehead atoms. The van der Waals surface area contributed by atoms with Gasteiger partial charge in [0.05, 0.1) is 25.7 Å². The number of anilines is 1. The number of carboxylic acids is 1. The molecule has 0 aliphatic carbocycles. The summed E-state index contributed by atoms with van der Waals surface area (Å²) in [5.74, 6) is -0.290. The Morgan fingerprint density at radius 2 is 1.77 bits per heavy atom. The summed E-state index contributed by atoms with van der Waals surface area (Å²) in [5, 5.41) is 12.2. The summed E-state index contributed by atoms with van der Waals surface area (Å²) >= 11 is 0. The molecule has 0 saturated carbocycles. The van der Waals surface area contributed by atoms with Crippen molar-refractivity contribution in [3.8, 4) is 11.5 Å². The van der Waals surface area contributed by atoms with Gasteiger partial charge in [0.2, 0.25) is 0 Å². The van der Waals surface area contributed by atoms with E-state index in [1.54, 1.807) is 6.07 Å². The van der Waals surface area contributed by atoms with E-state index in [9.17, 15) is 19.1 Å². The Hall–Kier alpha value is -3.29. The van der Waals surface area contributed by atoms with E-state index >= 15 is 0 Å². The van der Waals surface area contributed by atoms with E-state index in [-0.39, 0.29) is 6.42 Å². The van der Waals surface area contributed by atoms with Gasteiger partial charge in [0.15, 0.2) is 11.5 Å². The van der Waals surface area contributed by atoms with Crippen LogP contribution in [0.3, 0.4) is 0 Å². The second-order valence-corrected chi connectivity index (χ2v) is 6.86. The van der Waals surface area contributed by atoms with Gasteiger partial charge in [-0.2, -0.15) is 0 Å². The van der Waals surface area contributed by atoms with Crippen LogP contribution in [0.25, 0.3) is 0 Å². The first kappa shape index (κ1) is 21.4. The molecule has 160 valence electrons. The van der Waals surface area contributed by atoms with E-state index in [2.05, 4.69) is 5.32 Å². The molecular weight excluding hydrogens is 391 g/mol. The van der Waals surface area contributed by atoms with Crippen LogP contribution in [0.15, 0.2) is 36.4 Å². The number of rotatable bonds is 7. The fourth-order valence-electron chi connectivity index (χ4n) is 3.60. The Labute approximate surface area is 174 Å². The number of carboxylic acid groups (broad SMARTS) is 1. The van der Waals surface area contributed by atoms with E-state index < -0.39 is 23.9 Å². The van der Waals surface area contributed by atoms with Crippen molar-refractivity contribution < 1.29 is 28.6 Å². The van der Waals surface area contributed by atoms with Gasteiger partial charge in [0.1, 0.15) is 5.82 Å². The Morgan fingerprint density at radius 3 is 2.37 bits per heavy atom.